The molecule has 0 bridgehead atoms. The number of carbonyl (C=O) groups excluding carboxylic acids is 2. The highest BCUT2D eigenvalue weighted by Gasteiger charge is 2.44. The maximum atomic E-state index is 13.0. The van der Waals surface area contributed by atoms with Crippen LogP contribution in [0.4, 0.5) is 0 Å². The second kappa shape index (κ2) is 63.9. The van der Waals surface area contributed by atoms with Gasteiger partial charge in [-0.3, -0.25) is 9.59 Å². The van der Waals surface area contributed by atoms with E-state index in [-0.39, 0.29) is 18.5 Å². The zero-order valence-electron chi connectivity index (χ0n) is 55.8. The predicted molar refractivity (Wildman–Crippen MR) is 361 cm³/mol. The van der Waals surface area contributed by atoms with Crippen molar-refractivity contribution in [3.8, 4) is 0 Å². The monoisotopic (exact) mass is 1210 g/mol. The number of aliphatic hydroxyl groups is 5. The number of esters is 1. The molecule has 7 unspecified atom stereocenters. The van der Waals surface area contributed by atoms with E-state index >= 15 is 0 Å². The average Bonchev–Trinajstić information content (AvgIpc) is 2.58. The number of rotatable bonds is 64. The van der Waals surface area contributed by atoms with Crippen molar-refractivity contribution < 1.29 is 49.3 Å². The van der Waals surface area contributed by atoms with E-state index in [0.717, 1.165) is 64.2 Å². The molecule has 1 aliphatic rings. The van der Waals surface area contributed by atoms with Crippen LogP contribution < -0.4 is 5.32 Å². The second-order valence-electron chi connectivity index (χ2n) is 25.3. The van der Waals surface area contributed by atoms with Crippen LogP contribution in [0.3, 0.4) is 0 Å². The SMILES string of the molecule is CCCCCC/C=C\CCCCCCCC(=O)OCCCCCCCCCCCCC/C=C\C/C=C\CCCCCCCCCCCCCCCCCCCC(=O)NC(COC1OC(CO)C(O)C(O)C1O)C(O)/C=C/CC/C=C/CCCCCC. The Kier molecular flexibility index (Phi) is 60.5. The van der Waals surface area contributed by atoms with Crippen LogP contribution in [0.1, 0.15) is 341 Å². The highest BCUT2D eigenvalue weighted by Crippen LogP contribution is 2.23. The molecule has 1 saturated heterocycles. The number of carbonyl (C=O) groups is 2. The van der Waals surface area contributed by atoms with Gasteiger partial charge in [0.15, 0.2) is 6.29 Å². The molecule has 1 rings (SSSR count). The number of aliphatic hydroxyl groups excluding tert-OH is 5. The van der Waals surface area contributed by atoms with Gasteiger partial charge < -0.3 is 45.1 Å². The minimum absolute atomic E-state index is 0.000411. The van der Waals surface area contributed by atoms with E-state index in [1.807, 2.05) is 6.08 Å². The lowest BCUT2D eigenvalue weighted by molar-refractivity contribution is -0.302. The Morgan fingerprint density at radius 2 is 0.791 bits per heavy atom. The summed E-state index contributed by atoms with van der Waals surface area (Å²) >= 11 is 0. The van der Waals surface area contributed by atoms with Crippen molar-refractivity contribution in [1.82, 2.24) is 5.32 Å². The van der Waals surface area contributed by atoms with Gasteiger partial charge in [-0.2, -0.15) is 0 Å². The van der Waals surface area contributed by atoms with Crippen molar-refractivity contribution in [2.24, 2.45) is 0 Å². The van der Waals surface area contributed by atoms with Crippen LogP contribution in [0.5, 0.6) is 0 Å². The van der Waals surface area contributed by atoms with Gasteiger partial charge in [-0.1, -0.05) is 286 Å². The van der Waals surface area contributed by atoms with Crippen LogP contribution in [-0.4, -0.2) is 100 Å². The van der Waals surface area contributed by atoms with Crippen molar-refractivity contribution in [3.63, 3.8) is 0 Å². The van der Waals surface area contributed by atoms with Crippen molar-refractivity contribution in [2.45, 2.75) is 384 Å². The molecule has 0 radical (unpaired) electrons. The number of ether oxygens (including phenoxy) is 3. The van der Waals surface area contributed by atoms with Gasteiger partial charge in [0, 0.05) is 12.8 Å². The van der Waals surface area contributed by atoms with E-state index in [9.17, 15) is 35.1 Å². The fraction of sp³-hybridized carbons (Fsp3) is 0.840. The van der Waals surface area contributed by atoms with Crippen LogP contribution >= 0.6 is 0 Å². The quantitative estimate of drug-likeness (QED) is 0.0195. The van der Waals surface area contributed by atoms with E-state index in [4.69, 9.17) is 14.2 Å². The summed E-state index contributed by atoms with van der Waals surface area (Å²) < 4.78 is 16.7. The van der Waals surface area contributed by atoms with Gasteiger partial charge in [0.2, 0.25) is 5.91 Å². The number of amides is 1. The van der Waals surface area contributed by atoms with Gasteiger partial charge in [0.1, 0.15) is 24.4 Å². The molecule has 7 atom stereocenters. The molecule has 6 N–H and O–H groups in total. The zero-order chi connectivity index (χ0) is 62.3. The zero-order valence-corrected chi connectivity index (χ0v) is 55.8. The Balaban J connectivity index is 1.92. The Labute approximate surface area is 528 Å². The maximum Gasteiger partial charge on any atom is 0.305 e. The standard InChI is InChI=1S/C75H137NO10/c1-3-5-7-9-11-13-15-39-43-47-51-55-59-63-71(80)84-64-60-56-52-48-44-41-38-36-34-32-30-28-26-24-22-20-18-16-17-19-21-23-25-27-29-31-33-35-37-40-42-46-50-54-58-62-70(79)76-67(66-85-75-74(83)73(82)72(81)69(65-77)86-75)68(78)61-57-53-49-45-14-12-10-8-6-4-2/h13-15,18,20,24,26,45,57,61,67-69,72-75,77-78,81-83H,3-12,16-17,19,21-23,25,27-44,46-56,58-60,62-66H2,1-2H3,(H,76,79)/b15-13-,20-18-,26-24-,45-14+,61-57+. The van der Waals surface area contributed by atoms with Crippen molar-refractivity contribution in [1.29, 1.82) is 0 Å². The van der Waals surface area contributed by atoms with E-state index < -0.39 is 49.5 Å². The Morgan fingerprint density at radius 3 is 1.22 bits per heavy atom. The number of hydrogen-bond donors (Lipinski definition) is 6. The molecule has 502 valence electrons. The van der Waals surface area contributed by atoms with E-state index in [0.29, 0.717) is 19.4 Å². The molecule has 1 amide bonds. The highest BCUT2D eigenvalue weighted by molar-refractivity contribution is 5.76. The summed E-state index contributed by atoms with van der Waals surface area (Å²) in [5.41, 5.74) is 0. The molecule has 0 aromatic heterocycles. The van der Waals surface area contributed by atoms with Crippen LogP contribution in [0, 0.1) is 0 Å². The average molecular weight is 1210 g/mol. The molecule has 1 fully saturated rings. The lowest BCUT2D eigenvalue weighted by Crippen LogP contribution is -2.60. The molecule has 0 aromatic rings. The van der Waals surface area contributed by atoms with Crippen molar-refractivity contribution >= 4 is 11.9 Å². The maximum absolute atomic E-state index is 13.0. The van der Waals surface area contributed by atoms with E-state index in [2.05, 4.69) is 67.8 Å². The number of nitrogens with one attached hydrogen (secondary N) is 1. The summed E-state index contributed by atoms with van der Waals surface area (Å²) in [5.74, 6) is -0.190. The minimum atomic E-state index is -1.58. The van der Waals surface area contributed by atoms with Gasteiger partial charge >= 0.3 is 5.97 Å². The molecule has 0 saturated carbocycles. The molecular weight excluding hydrogens is 1070 g/mol. The molecule has 86 heavy (non-hydrogen) atoms. The lowest BCUT2D eigenvalue weighted by atomic mass is 9.99. The fourth-order valence-electron chi connectivity index (χ4n) is 11.3. The van der Waals surface area contributed by atoms with Crippen LogP contribution in [0.25, 0.3) is 0 Å². The molecule has 11 nitrogen and oxygen atoms in total. The highest BCUT2D eigenvalue weighted by atomic mass is 16.7. The third-order valence-electron chi connectivity index (χ3n) is 17.1. The van der Waals surface area contributed by atoms with Gasteiger partial charge in [-0.15, -0.1) is 0 Å². The normalized spacial score (nSPS) is 18.2. The number of hydrogen-bond acceptors (Lipinski definition) is 10. The first-order chi connectivity index (χ1) is 42.2. The van der Waals surface area contributed by atoms with Gasteiger partial charge in [-0.25, -0.2) is 0 Å². The third-order valence-corrected chi connectivity index (χ3v) is 17.1. The number of unbranched alkanes of at least 4 members (excludes halogenated alkanes) is 42. The topological polar surface area (TPSA) is 175 Å². The smallest absolute Gasteiger partial charge is 0.305 e. The van der Waals surface area contributed by atoms with Crippen molar-refractivity contribution in [3.05, 3.63) is 60.8 Å². The van der Waals surface area contributed by atoms with Crippen LogP contribution in [0.15, 0.2) is 60.8 Å². The van der Waals surface area contributed by atoms with Crippen LogP contribution in [-0.2, 0) is 23.8 Å². The molecule has 1 heterocycles. The van der Waals surface area contributed by atoms with Crippen molar-refractivity contribution in [2.75, 3.05) is 19.8 Å². The number of allylic oxidation sites excluding steroid dienone is 9. The molecule has 0 aliphatic carbocycles. The molecule has 0 spiro atoms. The summed E-state index contributed by atoms with van der Waals surface area (Å²) in [6.45, 7) is 4.30. The van der Waals surface area contributed by atoms with E-state index in [1.165, 1.54) is 250 Å². The van der Waals surface area contributed by atoms with Crippen LogP contribution in [0.2, 0.25) is 0 Å². The van der Waals surface area contributed by atoms with E-state index in [1.54, 1.807) is 6.08 Å². The Morgan fingerprint density at radius 1 is 0.430 bits per heavy atom. The minimum Gasteiger partial charge on any atom is -0.466 e. The summed E-state index contributed by atoms with van der Waals surface area (Å²) in [6.07, 6.45) is 75.3. The fourth-order valence-corrected chi connectivity index (χ4v) is 11.3. The third kappa shape index (κ3) is 52.2. The summed E-state index contributed by atoms with van der Waals surface area (Å²) in [6, 6.07) is -0.825. The molecule has 11 heteroatoms. The lowest BCUT2D eigenvalue weighted by Gasteiger charge is -2.40. The largest absolute Gasteiger partial charge is 0.466 e. The predicted octanol–water partition coefficient (Wildman–Crippen LogP) is 18.9. The second-order valence-corrected chi connectivity index (χ2v) is 25.3. The van der Waals surface area contributed by atoms with Gasteiger partial charge in [-0.05, 0) is 103 Å². The summed E-state index contributed by atoms with van der Waals surface area (Å²) in [7, 11) is 0. The summed E-state index contributed by atoms with van der Waals surface area (Å²) in [5, 5.41) is 54.3. The first-order valence-corrected chi connectivity index (χ1v) is 36.6. The molecule has 1 aliphatic heterocycles. The first kappa shape index (κ1) is 81.4. The molecular formula is C75H137NO10. The Bertz CT molecular complexity index is 1610. The first-order valence-electron chi connectivity index (χ1n) is 36.6. The molecule has 0 aromatic carbocycles. The Hall–Kier alpha value is -2.64. The summed E-state index contributed by atoms with van der Waals surface area (Å²) in [4.78, 5) is 25.1. The van der Waals surface area contributed by atoms with Gasteiger partial charge in [0.25, 0.3) is 0 Å². The van der Waals surface area contributed by atoms with Gasteiger partial charge in [0.05, 0.1) is 32.0 Å².